The zero-order valence-corrected chi connectivity index (χ0v) is 12.1. The van der Waals surface area contributed by atoms with Crippen LogP contribution in [0.1, 0.15) is 29.8 Å². The van der Waals surface area contributed by atoms with Crippen LogP contribution in [0, 0.1) is 5.82 Å². The summed E-state index contributed by atoms with van der Waals surface area (Å²) in [4.78, 5) is 15.9. The highest BCUT2D eigenvalue weighted by Gasteiger charge is 2.08. The van der Waals surface area contributed by atoms with Gasteiger partial charge >= 0.3 is 0 Å². The van der Waals surface area contributed by atoms with Gasteiger partial charge in [-0.05, 0) is 26.0 Å². The van der Waals surface area contributed by atoms with E-state index in [1.54, 1.807) is 30.5 Å². The number of carbonyl (C=O) groups is 1. The first kappa shape index (κ1) is 15.0. The summed E-state index contributed by atoms with van der Waals surface area (Å²) < 4.78 is 13.5. The van der Waals surface area contributed by atoms with Gasteiger partial charge in [0.05, 0.1) is 11.3 Å². The number of anilines is 1. The fourth-order valence-corrected chi connectivity index (χ4v) is 1.85. The van der Waals surface area contributed by atoms with Crippen molar-refractivity contribution >= 4 is 11.6 Å². The lowest BCUT2D eigenvalue weighted by Crippen LogP contribution is -2.30. The molecule has 0 spiro atoms. The predicted octanol–water partition coefficient (Wildman–Crippen LogP) is 2.97. The molecular formula is C16H18FN3O. The van der Waals surface area contributed by atoms with Crippen LogP contribution >= 0.6 is 0 Å². The summed E-state index contributed by atoms with van der Waals surface area (Å²) in [5.74, 6) is -0.432. The molecule has 0 aliphatic heterocycles. The van der Waals surface area contributed by atoms with E-state index in [1.165, 1.54) is 12.3 Å². The summed E-state index contributed by atoms with van der Waals surface area (Å²) in [6.07, 6.45) is 3.11. The van der Waals surface area contributed by atoms with Crippen LogP contribution in [0.3, 0.4) is 0 Å². The smallest absolute Gasteiger partial charge is 0.253 e. The van der Waals surface area contributed by atoms with Crippen LogP contribution in [0.25, 0.3) is 0 Å². The summed E-state index contributed by atoms with van der Waals surface area (Å²) in [7, 11) is 0. The Morgan fingerprint density at radius 2 is 2.05 bits per heavy atom. The van der Waals surface area contributed by atoms with Gasteiger partial charge in [-0.1, -0.05) is 18.2 Å². The quantitative estimate of drug-likeness (QED) is 0.889. The average molecular weight is 287 g/mol. The molecular weight excluding hydrogens is 269 g/mol. The highest BCUT2D eigenvalue weighted by atomic mass is 19.1. The molecule has 0 radical (unpaired) electrons. The number of amides is 1. The van der Waals surface area contributed by atoms with E-state index in [0.29, 0.717) is 23.4 Å². The number of nitrogens with zero attached hydrogens (tertiary/aromatic N) is 1. The van der Waals surface area contributed by atoms with Crippen molar-refractivity contribution in [3.63, 3.8) is 0 Å². The molecule has 1 aromatic carbocycles. The third kappa shape index (κ3) is 4.27. The van der Waals surface area contributed by atoms with Gasteiger partial charge in [-0.25, -0.2) is 4.39 Å². The van der Waals surface area contributed by atoms with Crippen molar-refractivity contribution in [2.45, 2.75) is 26.4 Å². The Kier molecular flexibility index (Phi) is 4.87. The van der Waals surface area contributed by atoms with Crippen molar-refractivity contribution < 1.29 is 9.18 Å². The third-order valence-corrected chi connectivity index (χ3v) is 2.86. The summed E-state index contributed by atoms with van der Waals surface area (Å²) in [5, 5.41) is 5.87. The molecule has 110 valence electrons. The topological polar surface area (TPSA) is 54.0 Å². The molecule has 0 atom stereocenters. The van der Waals surface area contributed by atoms with Crippen LogP contribution < -0.4 is 10.6 Å². The number of benzene rings is 1. The van der Waals surface area contributed by atoms with E-state index < -0.39 is 0 Å². The summed E-state index contributed by atoms with van der Waals surface area (Å²) in [5.41, 5.74) is 1.71. The largest absolute Gasteiger partial charge is 0.380 e. The van der Waals surface area contributed by atoms with Gasteiger partial charge in [0.1, 0.15) is 5.82 Å². The second-order valence-corrected chi connectivity index (χ2v) is 5.04. The number of aromatic nitrogens is 1. The molecule has 2 N–H and O–H groups in total. The fourth-order valence-electron chi connectivity index (χ4n) is 1.85. The predicted molar refractivity (Wildman–Crippen MR) is 80.6 cm³/mol. The maximum atomic E-state index is 13.5. The molecule has 2 aromatic rings. The molecule has 21 heavy (non-hydrogen) atoms. The van der Waals surface area contributed by atoms with Gasteiger partial charge in [0, 0.05) is 30.5 Å². The second kappa shape index (κ2) is 6.83. The molecule has 5 heteroatoms. The van der Waals surface area contributed by atoms with Crippen LogP contribution in [0.15, 0.2) is 42.7 Å². The number of nitrogens with one attached hydrogen (secondary N) is 2. The van der Waals surface area contributed by atoms with E-state index in [-0.39, 0.29) is 17.8 Å². The van der Waals surface area contributed by atoms with Gasteiger partial charge < -0.3 is 10.6 Å². The Balaban J connectivity index is 2.04. The van der Waals surface area contributed by atoms with Crippen molar-refractivity contribution in [1.29, 1.82) is 0 Å². The highest BCUT2D eigenvalue weighted by Crippen LogP contribution is 2.12. The Labute approximate surface area is 123 Å². The van der Waals surface area contributed by atoms with E-state index in [9.17, 15) is 9.18 Å². The van der Waals surface area contributed by atoms with Crippen LogP contribution in [0.2, 0.25) is 0 Å². The minimum absolute atomic E-state index is 0.0625. The monoisotopic (exact) mass is 287 g/mol. The lowest BCUT2D eigenvalue weighted by atomic mass is 10.2. The maximum absolute atomic E-state index is 13.5. The van der Waals surface area contributed by atoms with Gasteiger partial charge in [-0.3, -0.25) is 9.78 Å². The number of hydrogen-bond donors (Lipinski definition) is 2. The van der Waals surface area contributed by atoms with E-state index in [1.807, 2.05) is 13.8 Å². The Morgan fingerprint density at radius 3 is 2.76 bits per heavy atom. The number of rotatable bonds is 5. The molecule has 0 aliphatic rings. The average Bonchev–Trinajstić information content (AvgIpc) is 2.46. The number of hydrogen-bond acceptors (Lipinski definition) is 3. The molecule has 2 rings (SSSR count). The number of carbonyl (C=O) groups excluding carboxylic acids is 1. The van der Waals surface area contributed by atoms with Crippen molar-refractivity contribution in [2.75, 3.05) is 5.32 Å². The summed E-state index contributed by atoms with van der Waals surface area (Å²) in [6, 6.07) is 8.33. The molecule has 0 fully saturated rings. The van der Waals surface area contributed by atoms with E-state index >= 15 is 0 Å². The summed E-state index contributed by atoms with van der Waals surface area (Å²) >= 11 is 0. The van der Waals surface area contributed by atoms with Gasteiger partial charge in [0.25, 0.3) is 5.91 Å². The molecule has 0 saturated carbocycles. The summed E-state index contributed by atoms with van der Waals surface area (Å²) in [6.45, 7) is 4.13. The van der Waals surface area contributed by atoms with Crippen molar-refractivity contribution in [3.05, 3.63) is 59.7 Å². The zero-order valence-electron chi connectivity index (χ0n) is 12.1. The van der Waals surface area contributed by atoms with Crippen LogP contribution in [0.5, 0.6) is 0 Å². The minimum atomic E-state index is -0.258. The van der Waals surface area contributed by atoms with E-state index in [4.69, 9.17) is 0 Å². The molecule has 1 amide bonds. The Morgan fingerprint density at radius 1 is 1.29 bits per heavy atom. The Hall–Kier alpha value is -2.43. The van der Waals surface area contributed by atoms with E-state index in [2.05, 4.69) is 15.6 Å². The molecule has 0 bridgehead atoms. The molecule has 0 aliphatic carbocycles. The van der Waals surface area contributed by atoms with Crippen molar-refractivity contribution in [1.82, 2.24) is 10.3 Å². The van der Waals surface area contributed by atoms with E-state index in [0.717, 1.165) is 0 Å². The maximum Gasteiger partial charge on any atom is 0.253 e. The fraction of sp³-hybridized carbons (Fsp3) is 0.250. The number of pyridine rings is 1. The van der Waals surface area contributed by atoms with Crippen LogP contribution in [0.4, 0.5) is 10.1 Å². The SMILES string of the molecule is CC(C)NC(=O)c1cncc(NCc2ccccc2F)c1. The lowest BCUT2D eigenvalue weighted by Gasteiger charge is -2.10. The Bertz CT molecular complexity index is 628. The molecule has 0 saturated heterocycles. The second-order valence-electron chi connectivity index (χ2n) is 5.04. The zero-order chi connectivity index (χ0) is 15.2. The normalized spacial score (nSPS) is 10.5. The minimum Gasteiger partial charge on any atom is -0.380 e. The lowest BCUT2D eigenvalue weighted by molar-refractivity contribution is 0.0943. The molecule has 1 heterocycles. The first-order valence-electron chi connectivity index (χ1n) is 6.79. The third-order valence-electron chi connectivity index (χ3n) is 2.86. The molecule has 0 unspecified atom stereocenters. The van der Waals surface area contributed by atoms with Crippen molar-refractivity contribution in [3.8, 4) is 0 Å². The van der Waals surface area contributed by atoms with Gasteiger partial charge in [-0.2, -0.15) is 0 Å². The first-order valence-corrected chi connectivity index (χ1v) is 6.79. The molecule has 1 aromatic heterocycles. The van der Waals surface area contributed by atoms with Gasteiger partial charge in [-0.15, -0.1) is 0 Å². The van der Waals surface area contributed by atoms with Crippen LogP contribution in [-0.2, 0) is 6.54 Å². The number of halogens is 1. The first-order chi connectivity index (χ1) is 10.1. The molecule has 4 nitrogen and oxygen atoms in total. The standard InChI is InChI=1S/C16H18FN3O/c1-11(2)20-16(21)13-7-14(10-18-8-13)19-9-12-5-3-4-6-15(12)17/h3-8,10-11,19H,9H2,1-2H3,(H,20,21). The van der Waals surface area contributed by atoms with Crippen molar-refractivity contribution in [2.24, 2.45) is 0 Å². The highest BCUT2D eigenvalue weighted by molar-refractivity contribution is 5.94. The van der Waals surface area contributed by atoms with Gasteiger partial charge in [0.15, 0.2) is 0 Å². The van der Waals surface area contributed by atoms with Gasteiger partial charge in [0.2, 0.25) is 0 Å². The van der Waals surface area contributed by atoms with Crippen LogP contribution in [-0.4, -0.2) is 16.9 Å².